The van der Waals surface area contributed by atoms with E-state index in [1.807, 2.05) is 74.5 Å². The van der Waals surface area contributed by atoms with Gasteiger partial charge in [0.05, 0.1) is 26.4 Å². The molecule has 4 rings (SSSR count). The maximum Gasteiger partial charge on any atom is 0.318 e. The number of urea groups is 1. The molecule has 48 heavy (non-hydrogen) atoms. The maximum atomic E-state index is 13.9. The number of para-hydroxylation sites is 1. The molecule has 0 unspecified atom stereocenters. The molecule has 11 nitrogen and oxygen atoms in total. The maximum absolute atomic E-state index is 13.9. The highest BCUT2D eigenvalue weighted by molar-refractivity contribution is 5.87. The van der Waals surface area contributed by atoms with Crippen LogP contribution in [0.4, 0.5) is 4.79 Å². The lowest BCUT2D eigenvalue weighted by molar-refractivity contribution is -0.128. The van der Waals surface area contributed by atoms with Crippen LogP contribution in [0.2, 0.25) is 0 Å². The number of hydrogen-bond donors (Lipinski definition) is 4. The second-order valence-electron chi connectivity index (χ2n) is 12.3. The summed E-state index contributed by atoms with van der Waals surface area (Å²) in [5.41, 5.74) is 1.91. The molecule has 4 amide bonds. The van der Waals surface area contributed by atoms with Crippen LogP contribution in [0.25, 0.3) is 0 Å². The topological polar surface area (TPSA) is 138 Å². The van der Waals surface area contributed by atoms with Crippen LogP contribution in [0.5, 0.6) is 17.2 Å². The summed E-state index contributed by atoms with van der Waals surface area (Å²) in [7, 11) is 3.01. The molecule has 11 heteroatoms. The number of amides is 4. The number of methoxy groups -OCH3 is 2. The van der Waals surface area contributed by atoms with Crippen molar-refractivity contribution in [2.24, 2.45) is 5.92 Å². The highest BCUT2D eigenvalue weighted by Crippen LogP contribution is 2.36. The van der Waals surface area contributed by atoms with Crippen molar-refractivity contribution in [3.05, 3.63) is 90.0 Å². The molecule has 1 aliphatic rings. The Morgan fingerprint density at radius 3 is 2.04 bits per heavy atom. The van der Waals surface area contributed by atoms with Crippen molar-refractivity contribution in [2.75, 3.05) is 33.9 Å². The Morgan fingerprint density at radius 1 is 0.875 bits per heavy atom. The van der Waals surface area contributed by atoms with E-state index in [-0.39, 0.29) is 30.9 Å². The molecule has 4 atom stereocenters. The molecule has 4 N–H and O–H groups in total. The first-order valence-corrected chi connectivity index (χ1v) is 16.4. The van der Waals surface area contributed by atoms with E-state index in [1.165, 1.54) is 14.2 Å². The van der Waals surface area contributed by atoms with Crippen LogP contribution >= 0.6 is 0 Å². The number of nitrogens with zero attached hydrogens (tertiary/aromatic N) is 1. The summed E-state index contributed by atoms with van der Waals surface area (Å²) in [6.45, 7) is 4.56. The first kappa shape index (κ1) is 36.1. The highest BCUT2D eigenvalue weighted by Gasteiger charge is 2.35. The molecule has 258 valence electrons. The summed E-state index contributed by atoms with van der Waals surface area (Å²) in [4.78, 5) is 41.5. The van der Waals surface area contributed by atoms with E-state index < -0.39 is 30.1 Å². The van der Waals surface area contributed by atoms with Gasteiger partial charge in [-0.05, 0) is 54.9 Å². The number of carbonyl (C=O) groups excluding carboxylic acids is 3. The highest BCUT2D eigenvalue weighted by atomic mass is 16.5. The molecule has 0 aliphatic carbocycles. The van der Waals surface area contributed by atoms with Crippen LogP contribution in [-0.4, -0.2) is 86.0 Å². The minimum atomic E-state index is -1.04. The van der Waals surface area contributed by atoms with E-state index >= 15 is 0 Å². The molecular weight excluding hydrogens is 612 g/mol. The third kappa shape index (κ3) is 10.1. The van der Waals surface area contributed by atoms with Crippen molar-refractivity contribution in [1.82, 2.24) is 20.9 Å². The average molecular weight is 661 g/mol. The van der Waals surface area contributed by atoms with Gasteiger partial charge < -0.3 is 40.2 Å². The second kappa shape index (κ2) is 18.0. The Labute approximate surface area is 283 Å². The molecule has 0 radical (unpaired) electrons. The summed E-state index contributed by atoms with van der Waals surface area (Å²) in [6, 6.07) is 22.3. The second-order valence-corrected chi connectivity index (χ2v) is 12.3. The van der Waals surface area contributed by atoms with Crippen LogP contribution < -0.4 is 30.2 Å². The zero-order valence-corrected chi connectivity index (χ0v) is 28.2. The standard InChI is InChI=1S/C37H48N4O7/c1-25(2)34(41-20-12-19-38-37(41)45)36(44)39-28(21-26-13-7-5-8-14-26)23-30(42)29(22-27-15-9-6-10-16-27)40-33(43)24-48-35-31(46-3)17-11-18-32(35)47-4/h5-11,13-18,25,28-30,34,42H,12,19-24H2,1-4H3,(H,38,45)(H,39,44)(H,40,43)/t28-,29-,30-,34-/m1/s1. The van der Waals surface area contributed by atoms with Gasteiger partial charge in [-0.15, -0.1) is 0 Å². The molecule has 1 heterocycles. The summed E-state index contributed by atoms with van der Waals surface area (Å²) in [5, 5.41) is 20.7. The van der Waals surface area contributed by atoms with Crippen LogP contribution in [0.1, 0.15) is 37.8 Å². The largest absolute Gasteiger partial charge is 0.493 e. The third-order valence-electron chi connectivity index (χ3n) is 8.39. The molecule has 0 bridgehead atoms. The van der Waals surface area contributed by atoms with Gasteiger partial charge in [-0.2, -0.15) is 0 Å². The lowest BCUT2D eigenvalue weighted by Gasteiger charge is -2.37. The van der Waals surface area contributed by atoms with E-state index in [1.54, 1.807) is 23.1 Å². The zero-order valence-electron chi connectivity index (χ0n) is 28.2. The number of carbonyl (C=O) groups is 3. The van der Waals surface area contributed by atoms with E-state index in [9.17, 15) is 19.5 Å². The number of nitrogens with one attached hydrogen (secondary N) is 3. The summed E-state index contributed by atoms with van der Waals surface area (Å²) >= 11 is 0. The Bertz CT molecular complexity index is 1450. The van der Waals surface area contributed by atoms with E-state index in [4.69, 9.17) is 14.2 Å². The van der Waals surface area contributed by atoms with Gasteiger partial charge in [0, 0.05) is 19.1 Å². The van der Waals surface area contributed by atoms with Gasteiger partial charge in [-0.1, -0.05) is 80.6 Å². The molecule has 1 aliphatic heterocycles. The molecule has 3 aromatic carbocycles. The quantitative estimate of drug-likeness (QED) is 0.173. The fourth-order valence-electron chi connectivity index (χ4n) is 6.05. The summed E-state index contributed by atoms with van der Waals surface area (Å²) in [5.74, 6) is 0.280. The van der Waals surface area contributed by atoms with Gasteiger partial charge in [0.15, 0.2) is 18.1 Å². The van der Waals surface area contributed by atoms with Crippen molar-refractivity contribution in [1.29, 1.82) is 0 Å². The lowest BCUT2D eigenvalue weighted by Crippen LogP contribution is -2.59. The molecule has 1 fully saturated rings. The van der Waals surface area contributed by atoms with Crippen LogP contribution in [-0.2, 0) is 22.4 Å². The van der Waals surface area contributed by atoms with Crippen LogP contribution in [0.15, 0.2) is 78.9 Å². The minimum Gasteiger partial charge on any atom is -0.493 e. The predicted molar refractivity (Wildman–Crippen MR) is 183 cm³/mol. The molecule has 3 aromatic rings. The van der Waals surface area contributed by atoms with Gasteiger partial charge in [0.25, 0.3) is 5.91 Å². The first-order chi connectivity index (χ1) is 23.2. The molecule has 0 spiro atoms. The average Bonchev–Trinajstić information content (AvgIpc) is 3.08. The van der Waals surface area contributed by atoms with Gasteiger partial charge in [0.1, 0.15) is 6.04 Å². The van der Waals surface area contributed by atoms with E-state index in [0.29, 0.717) is 43.2 Å². The fraction of sp³-hybridized carbons (Fsp3) is 0.432. The van der Waals surface area contributed by atoms with Crippen LogP contribution in [0.3, 0.4) is 0 Å². The minimum absolute atomic E-state index is 0.136. The SMILES string of the molecule is COc1cccc(OC)c1OCC(=O)N[C@H](Cc1ccccc1)[C@H](O)C[C@@H](Cc1ccccc1)NC(=O)[C@@H](C(C)C)N1CCCNC1=O. The predicted octanol–water partition coefficient (Wildman–Crippen LogP) is 3.73. The third-order valence-corrected chi connectivity index (χ3v) is 8.39. The molecule has 1 saturated heterocycles. The Morgan fingerprint density at radius 2 is 1.48 bits per heavy atom. The molecular formula is C37H48N4O7. The monoisotopic (exact) mass is 660 g/mol. The number of benzene rings is 3. The van der Waals surface area contributed by atoms with Gasteiger partial charge in [-0.25, -0.2) is 4.79 Å². The first-order valence-electron chi connectivity index (χ1n) is 16.4. The smallest absolute Gasteiger partial charge is 0.318 e. The van der Waals surface area contributed by atoms with Gasteiger partial charge >= 0.3 is 6.03 Å². The Balaban J connectivity index is 1.53. The van der Waals surface area contributed by atoms with Crippen molar-refractivity contribution >= 4 is 17.8 Å². The van der Waals surface area contributed by atoms with Crippen molar-refractivity contribution in [2.45, 2.75) is 63.8 Å². The molecule has 0 saturated carbocycles. The van der Waals surface area contributed by atoms with Crippen LogP contribution in [0, 0.1) is 5.92 Å². The summed E-state index contributed by atoms with van der Waals surface area (Å²) in [6.07, 6.45) is 0.656. The Kier molecular flexibility index (Phi) is 13.5. The fourth-order valence-corrected chi connectivity index (χ4v) is 6.05. The number of rotatable bonds is 17. The number of ether oxygens (including phenoxy) is 3. The van der Waals surface area contributed by atoms with Crippen molar-refractivity contribution in [3.8, 4) is 17.2 Å². The normalized spacial score (nSPS) is 15.5. The van der Waals surface area contributed by atoms with Gasteiger partial charge in [-0.3, -0.25) is 9.59 Å². The molecule has 0 aromatic heterocycles. The zero-order chi connectivity index (χ0) is 34.5. The van der Waals surface area contributed by atoms with Crippen molar-refractivity contribution < 1.29 is 33.7 Å². The van der Waals surface area contributed by atoms with E-state index in [2.05, 4.69) is 16.0 Å². The Hall–Kier alpha value is -4.77. The van der Waals surface area contributed by atoms with Gasteiger partial charge in [0.2, 0.25) is 11.7 Å². The number of hydrogen-bond acceptors (Lipinski definition) is 7. The van der Waals surface area contributed by atoms with E-state index in [0.717, 1.165) is 17.5 Å². The lowest BCUT2D eigenvalue weighted by atomic mass is 9.92. The summed E-state index contributed by atoms with van der Waals surface area (Å²) < 4.78 is 16.6. The van der Waals surface area contributed by atoms with Crippen molar-refractivity contribution in [3.63, 3.8) is 0 Å². The number of aliphatic hydroxyl groups excluding tert-OH is 1. The number of aliphatic hydroxyl groups is 1.